The number of carbonyl (C=O) groups is 5. The number of aromatic carboxylic acids is 4. The van der Waals surface area contributed by atoms with E-state index in [-0.39, 0.29) is 32.9 Å². The number of hydrogen-bond donors (Lipinski definition) is 4. The van der Waals surface area contributed by atoms with Gasteiger partial charge in [-0.3, -0.25) is 4.79 Å². The molecule has 0 saturated heterocycles. The maximum atomic E-state index is 12.6. The van der Waals surface area contributed by atoms with Crippen molar-refractivity contribution in [2.75, 3.05) is 0 Å². The van der Waals surface area contributed by atoms with E-state index in [1.807, 2.05) is 0 Å². The first-order valence-corrected chi connectivity index (χ1v) is 13.4. The molecular formula is C33H16O16. The average molecular weight is 668 g/mol. The molecule has 0 atom stereocenters. The number of rotatable bonds is 8. The number of benzene rings is 4. The van der Waals surface area contributed by atoms with Crippen LogP contribution in [0.4, 0.5) is 0 Å². The summed E-state index contributed by atoms with van der Waals surface area (Å²) in [5.74, 6) is -8.23. The Labute approximate surface area is 268 Å². The second-order valence-electron chi connectivity index (χ2n) is 9.83. The zero-order valence-electron chi connectivity index (χ0n) is 24.1. The van der Waals surface area contributed by atoms with Gasteiger partial charge in [0.1, 0.15) is 16.9 Å². The fraction of sp³-hybridized carbons (Fsp3) is 0. The van der Waals surface area contributed by atoms with E-state index in [4.69, 9.17) is 4.74 Å². The Morgan fingerprint density at radius 3 is 1.55 bits per heavy atom. The Bertz CT molecular complexity index is 2570. The van der Waals surface area contributed by atoms with E-state index in [1.54, 1.807) is 36.4 Å². The number of fused-ring (bicyclic) bond motifs is 3. The molecule has 0 radical (unpaired) electrons. The van der Waals surface area contributed by atoms with E-state index in [1.165, 1.54) is 30.3 Å². The molecule has 0 saturated carbocycles. The van der Waals surface area contributed by atoms with Gasteiger partial charge in [-0.05, 0) is 24.3 Å². The Balaban J connectivity index is 0.000000192. The van der Waals surface area contributed by atoms with Gasteiger partial charge >= 0.3 is 46.4 Å². The molecule has 0 aliphatic rings. The molecule has 0 bridgehead atoms. The van der Waals surface area contributed by atoms with Crippen LogP contribution in [0.15, 0.2) is 101 Å². The number of ether oxygens (including phenoxy) is 1. The summed E-state index contributed by atoms with van der Waals surface area (Å²) in [6, 6.07) is 17.4. The van der Waals surface area contributed by atoms with E-state index >= 15 is 0 Å². The van der Waals surface area contributed by atoms with Crippen molar-refractivity contribution in [3.05, 3.63) is 148 Å². The van der Waals surface area contributed by atoms with Crippen LogP contribution in [0.1, 0.15) is 57.4 Å². The summed E-state index contributed by atoms with van der Waals surface area (Å²) in [6.07, 6.45) is 0. The van der Waals surface area contributed by atoms with Crippen molar-refractivity contribution in [2.24, 2.45) is 0 Å². The lowest BCUT2D eigenvalue weighted by Gasteiger charge is -2.14. The molecule has 0 spiro atoms. The van der Waals surface area contributed by atoms with Gasteiger partial charge in [-0.2, -0.15) is 0 Å². The normalized spacial score (nSPS) is 10.7. The summed E-state index contributed by atoms with van der Waals surface area (Å²) in [7, 11) is 0. The van der Waals surface area contributed by atoms with E-state index in [9.17, 15) is 63.6 Å². The van der Waals surface area contributed by atoms with E-state index < -0.39 is 80.0 Å². The van der Waals surface area contributed by atoms with Gasteiger partial charge in [0.2, 0.25) is 0 Å². The molecule has 0 amide bonds. The highest BCUT2D eigenvalue weighted by Gasteiger charge is 2.34. The number of furan rings is 2. The quantitative estimate of drug-likeness (QED) is 0.170. The molecule has 2 heterocycles. The van der Waals surface area contributed by atoms with Gasteiger partial charge < -0.3 is 34.0 Å². The van der Waals surface area contributed by atoms with Crippen LogP contribution in [-0.4, -0.2) is 50.1 Å². The molecule has 0 aliphatic carbocycles. The van der Waals surface area contributed by atoms with E-state index in [0.29, 0.717) is 11.8 Å². The Morgan fingerprint density at radius 2 is 1.00 bits per heavy atom. The summed E-state index contributed by atoms with van der Waals surface area (Å²) in [4.78, 5) is 106. The van der Waals surface area contributed by atoms with E-state index in [2.05, 4.69) is 8.83 Å². The molecule has 6 rings (SSSR count). The minimum Gasteiger partial charge on any atom is -0.478 e. The van der Waals surface area contributed by atoms with Crippen molar-refractivity contribution in [3.8, 4) is 11.5 Å². The van der Waals surface area contributed by atoms with Gasteiger partial charge in [-0.25, -0.2) is 38.4 Å². The highest BCUT2D eigenvalue weighted by molar-refractivity contribution is 6.21. The van der Waals surface area contributed by atoms with Crippen molar-refractivity contribution >= 4 is 51.2 Å². The molecule has 2 aromatic heterocycles. The first kappa shape index (κ1) is 32.9. The second kappa shape index (κ2) is 12.7. The lowest BCUT2D eigenvalue weighted by atomic mass is 9.88. The Hall–Kier alpha value is -7.49. The summed E-state index contributed by atoms with van der Waals surface area (Å²) >= 11 is 0. The van der Waals surface area contributed by atoms with Crippen molar-refractivity contribution < 1.29 is 58.0 Å². The maximum absolute atomic E-state index is 12.6. The fourth-order valence-corrected chi connectivity index (χ4v) is 4.94. The SMILES string of the molecule is O=C(O)c1cc(C(=O)c2ccccc2)c(C(=O)O)c(C(=O)O)c1C(=O)O.O=c1oc(=O)c2c1cc(Oc1ccccc1)c1c(=O)oc(=O)c12. The van der Waals surface area contributed by atoms with Crippen LogP contribution < -0.4 is 27.2 Å². The van der Waals surface area contributed by atoms with Gasteiger partial charge in [0.25, 0.3) is 0 Å². The summed E-state index contributed by atoms with van der Waals surface area (Å²) < 4.78 is 14.6. The monoisotopic (exact) mass is 668 g/mol. The molecule has 4 aromatic carbocycles. The van der Waals surface area contributed by atoms with Crippen molar-refractivity contribution in [1.82, 2.24) is 0 Å². The number of hydrogen-bond acceptors (Lipinski definition) is 12. The Morgan fingerprint density at radius 1 is 0.510 bits per heavy atom. The highest BCUT2D eigenvalue weighted by Crippen LogP contribution is 2.31. The van der Waals surface area contributed by atoms with E-state index in [0.717, 1.165) is 0 Å². The number of carbonyl (C=O) groups excluding carboxylic acids is 1. The third kappa shape index (κ3) is 5.95. The average Bonchev–Trinajstić information content (AvgIpc) is 3.52. The van der Waals surface area contributed by atoms with Crippen LogP contribution in [0.2, 0.25) is 0 Å². The molecule has 16 nitrogen and oxygen atoms in total. The predicted molar refractivity (Wildman–Crippen MR) is 164 cm³/mol. The van der Waals surface area contributed by atoms with Crippen molar-refractivity contribution in [3.63, 3.8) is 0 Å². The van der Waals surface area contributed by atoms with Crippen molar-refractivity contribution in [1.29, 1.82) is 0 Å². The smallest absolute Gasteiger partial charge is 0.350 e. The topological polar surface area (TPSA) is 270 Å². The molecule has 0 aliphatic heterocycles. The second-order valence-corrected chi connectivity index (χ2v) is 9.83. The van der Waals surface area contributed by atoms with Crippen LogP contribution in [0.3, 0.4) is 0 Å². The highest BCUT2D eigenvalue weighted by atomic mass is 16.5. The van der Waals surface area contributed by atoms with Gasteiger partial charge in [0.15, 0.2) is 5.78 Å². The molecule has 244 valence electrons. The summed E-state index contributed by atoms with van der Waals surface area (Å²) in [5, 5.41) is 36.2. The summed E-state index contributed by atoms with van der Waals surface area (Å²) in [5.41, 5.74) is -9.17. The largest absolute Gasteiger partial charge is 0.478 e. The minimum absolute atomic E-state index is 0.0225. The van der Waals surface area contributed by atoms with Crippen LogP contribution in [0.5, 0.6) is 11.5 Å². The molecule has 6 aromatic rings. The van der Waals surface area contributed by atoms with Crippen LogP contribution in [0.25, 0.3) is 21.5 Å². The molecule has 0 fully saturated rings. The first-order chi connectivity index (χ1) is 23.2. The predicted octanol–water partition coefficient (Wildman–Crippen LogP) is 3.00. The van der Waals surface area contributed by atoms with Crippen LogP contribution in [-0.2, 0) is 0 Å². The third-order valence-corrected chi connectivity index (χ3v) is 6.95. The molecule has 4 N–H and O–H groups in total. The zero-order chi connectivity index (χ0) is 35.7. The summed E-state index contributed by atoms with van der Waals surface area (Å²) in [6.45, 7) is 0. The lowest BCUT2D eigenvalue weighted by molar-refractivity contribution is 0.0618. The van der Waals surface area contributed by atoms with Gasteiger partial charge in [-0.1, -0.05) is 48.5 Å². The standard InChI is InChI=1S/C17H10O9.C16H6O7/c18-13(7-4-2-1-3-5-7)8-6-9(14(19)20)11(16(23)24)12(17(25)26)10(8)15(21)22;17-13-8-6-9(21-7-4-2-1-3-5-7)11-12(10(8)14(18)22-13)16(20)23-15(11)19/h1-6H,(H,19,20)(H,21,22)(H,23,24)(H,25,26);1-6H. The third-order valence-electron chi connectivity index (χ3n) is 6.95. The maximum Gasteiger partial charge on any atom is 0.350 e. The number of para-hydroxylation sites is 1. The Kier molecular flexibility index (Phi) is 8.54. The lowest BCUT2D eigenvalue weighted by Crippen LogP contribution is -2.23. The molecule has 49 heavy (non-hydrogen) atoms. The van der Waals surface area contributed by atoms with Gasteiger partial charge in [0, 0.05) is 11.1 Å². The molecule has 0 unspecified atom stereocenters. The minimum atomic E-state index is -1.98. The van der Waals surface area contributed by atoms with Crippen LogP contribution >= 0.6 is 0 Å². The zero-order valence-corrected chi connectivity index (χ0v) is 24.1. The number of carboxylic acids is 4. The fourth-order valence-electron chi connectivity index (χ4n) is 4.94. The van der Waals surface area contributed by atoms with Crippen LogP contribution in [0, 0.1) is 0 Å². The number of ketones is 1. The number of carboxylic acid groups (broad SMARTS) is 4. The van der Waals surface area contributed by atoms with Crippen molar-refractivity contribution in [2.45, 2.75) is 0 Å². The molecule has 16 heteroatoms. The first-order valence-electron chi connectivity index (χ1n) is 13.4. The molecular weight excluding hydrogens is 652 g/mol. The van der Waals surface area contributed by atoms with Gasteiger partial charge in [0.05, 0.1) is 38.4 Å². The van der Waals surface area contributed by atoms with Gasteiger partial charge in [-0.15, -0.1) is 0 Å².